The summed E-state index contributed by atoms with van der Waals surface area (Å²) in [4.78, 5) is 15.4. The molecule has 0 bridgehead atoms. The van der Waals surface area contributed by atoms with Crippen molar-refractivity contribution in [3.05, 3.63) is 17.8 Å². The third kappa shape index (κ3) is 1.93. The van der Waals surface area contributed by atoms with Crippen molar-refractivity contribution < 1.29 is 4.79 Å². The van der Waals surface area contributed by atoms with Gasteiger partial charge in [0.15, 0.2) is 0 Å². The minimum atomic E-state index is -0.149. The number of nitrogens with one attached hydrogen (secondary N) is 3. The maximum absolute atomic E-state index is 11.4. The Morgan fingerprint density at radius 2 is 2.00 bits per heavy atom. The van der Waals surface area contributed by atoms with E-state index in [1.807, 2.05) is 0 Å². The number of carbonyl (C=O) groups is 1. The number of carbonyl (C=O) groups excluding carboxylic acids is 1. The lowest BCUT2D eigenvalue weighted by molar-refractivity contribution is 0.0963. The molecule has 3 N–H and O–H groups in total. The highest BCUT2D eigenvalue weighted by Gasteiger charge is 2.09. The van der Waals surface area contributed by atoms with Gasteiger partial charge in [0.05, 0.1) is 11.3 Å². The lowest BCUT2D eigenvalue weighted by atomic mass is 10.2. The van der Waals surface area contributed by atoms with Crippen molar-refractivity contribution in [2.45, 2.75) is 0 Å². The van der Waals surface area contributed by atoms with E-state index in [2.05, 4.69) is 20.9 Å². The van der Waals surface area contributed by atoms with Crippen molar-refractivity contribution in [3.63, 3.8) is 0 Å². The van der Waals surface area contributed by atoms with E-state index in [1.165, 1.54) is 6.20 Å². The summed E-state index contributed by atoms with van der Waals surface area (Å²) in [6.45, 7) is 0. The molecule has 1 aromatic heterocycles. The molecule has 0 saturated carbocycles. The molecule has 0 saturated heterocycles. The SMILES string of the molecule is CNC(=O)c1cnc(NC)cc1NC. The molecule has 0 spiro atoms. The minimum Gasteiger partial charge on any atom is -0.387 e. The highest BCUT2D eigenvalue weighted by molar-refractivity contribution is 5.99. The highest BCUT2D eigenvalue weighted by atomic mass is 16.1. The van der Waals surface area contributed by atoms with Gasteiger partial charge in [-0.1, -0.05) is 0 Å². The Balaban J connectivity index is 3.11. The first kappa shape index (κ1) is 10.3. The van der Waals surface area contributed by atoms with Crippen LogP contribution in [0.15, 0.2) is 12.3 Å². The van der Waals surface area contributed by atoms with Gasteiger partial charge < -0.3 is 16.0 Å². The van der Waals surface area contributed by atoms with Crippen molar-refractivity contribution in [3.8, 4) is 0 Å². The standard InChI is InChI=1S/C9H14N4O/c1-10-7-4-8(11-2)13-5-6(7)9(14)12-3/h4-5H,1-3H3,(H,12,14)(H2,10,11,13). The Kier molecular flexibility index (Phi) is 3.28. The Hall–Kier alpha value is -1.78. The number of rotatable bonds is 3. The third-order valence-electron chi connectivity index (χ3n) is 1.90. The zero-order valence-corrected chi connectivity index (χ0v) is 8.51. The van der Waals surface area contributed by atoms with Crippen LogP contribution in [0.2, 0.25) is 0 Å². The Labute approximate surface area is 82.9 Å². The van der Waals surface area contributed by atoms with Crippen LogP contribution in [-0.4, -0.2) is 32.0 Å². The summed E-state index contributed by atoms with van der Waals surface area (Å²) in [5.41, 5.74) is 1.29. The van der Waals surface area contributed by atoms with E-state index < -0.39 is 0 Å². The molecule has 76 valence electrons. The second-order valence-corrected chi connectivity index (χ2v) is 2.69. The predicted molar refractivity (Wildman–Crippen MR) is 56.7 cm³/mol. The van der Waals surface area contributed by atoms with Gasteiger partial charge in [-0.2, -0.15) is 0 Å². The fraction of sp³-hybridized carbons (Fsp3) is 0.333. The van der Waals surface area contributed by atoms with E-state index in [1.54, 1.807) is 27.2 Å². The van der Waals surface area contributed by atoms with Gasteiger partial charge in [-0.25, -0.2) is 4.98 Å². The van der Waals surface area contributed by atoms with Gasteiger partial charge in [-0.15, -0.1) is 0 Å². The Morgan fingerprint density at radius 3 is 2.50 bits per heavy atom. The smallest absolute Gasteiger partial charge is 0.254 e. The number of amides is 1. The van der Waals surface area contributed by atoms with E-state index in [-0.39, 0.29) is 5.91 Å². The van der Waals surface area contributed by atoms with Crippen molar-refractivity contribution in [1.82, 2.24) is 10.3 Å². The monoisotopic (exact) mass is 194 g/mol. The van der Waals surface area contributed by atoms with Crippen LogP contribution in [0.1, 0.15) is 10.4 Å². The molecule has 0 unspecified atom stereocenters. The molecular formula is C9H14N4O. The second kappa shape index (κ2) is 4.45. The molecule has 0 fully saturated rings. The maximum atomic E-state index is 11.4. The van der Waals surface area contributed by atoms with Crippen LogP contribution in [0.3, 0.4) is 0 Å². The molecule has 14 heavy (non-hydrogen) atoms. The molecule has 1 amide bonds. The number of pyridine rings is 1. The highest BCUT2D eigenvalue weighted by Crippen LogP contribution is 2.17. The van der Waals surface area contributed by atoms with E-state index in [0.717, 1.165) is 11.5 Å². The molecule has 5 nitrogen and oxygen atoms in total. The normalized spacial score (nSPS) is 9.36. The largest absolute Gasteiger partial charge is 0.387 e. The van der Waals surface area contributed by atoms with Gasteiger partial charge in [0.1, 0.15) is 5.82 Å². The van der Waals surface area contributed by atoms with Crippen LogP contribution in [0.4, 0.5) is 11.5 Å². The summed E-state index contributed by atoms with van der Waals surface area (Å²) in [7, 11) is 5.14. The average Bonchev–Trinajstić information content (AvgIpc) is 2.27. The summed E-state index contributed by atoms with van der Waals surface area (Å²) in [6.07, 6.45) is 1.54. The number of hydrogen-bond donors (Lipinski definition) is 3. The Morgan fingerprint density at radius 1 is 1.29 bits per heavy atom. The van der Waals surface area contributed by atoms with Crippen LogP contribution >= 0.6 is 0 Å². The van der Waals surface area contributed by atoms with Crippen LogP contribution in [0.25, 0.3) is 0 Å². The fourth-order valence-electron chi connectivity index (χ4n) is 1.11. The molecule has 1 heterocycles. The van der Waals surface area contributed by atoms with Gasteiger partial charge in [0.2, 0.25) is 0 Å². The van der Waals surface area contributed by atoms with E-state index in [9.17, 15) is 4.79 Å². The third-order valence-corrected chi connectivity index (χ3v) is 1.90. The number of nitrogens with zero attached hydrogens (tertiary/aromatic N) is 1. The van der Waals surface area contributed by atoms with Gasteiger partial charge in [0, 0.05) is 33.4 Å². The average molecular weight is 194 g/mol. The number of aromatic nitrogens is 1. The molecule has 0 aromatic carbocycles. The first-order valence-corrected chi connectivity index (χ1v) is 4.30. The molecule has 5 heteroatoms. The van der Waals surface area contributed by atoms with Crippen molar-refractivity contribution >= 4 is 17.4 Å². The zero-order valence-electron chi connectivity index (χ0n) is 8.51. The molecule has 0 radical (unpaired) electrons. The van der Waals surface area contributed by atoms with Gasteiger partial charge in [-0.05, 0) is 0 Å². The molecule has 0 aliphatic carbocycles. The van der Waals surface area contributed by atoms with Gasteiger partial charge >= 0.3 is 0 Å². The fourth-order valence-corrected chi connectivity index (χ4v) is 1.11. The molecule has 1 rings (SSSR count). The Bertz CT molecular complexity index is 338. The van der Waals surface area contributed by atoms with Crippen LogP contribution < -0.4 is 16.0 Å². The quantitative estimate of drug-likeness (QED) is 0.656. The second-order valence-electron chi connectivity index (χ2n) is 2.69. The summed E-state index contributed by atoms with van der Waals surface area (Å²) >= 11 is 0. The lowest BCUT2D eigenvalue weighted by Crippen LogP contribution is -2.19. The first-order valence-electron chi connectivity index (χ1n) is 4.30. The molecule has 1 aromatic rings. The molecule has 0 aliphatic heterocycles. The van der Waals surface area contributed by atoms with Gasteiger partial charge in [0.25, 0.3) is 5.91 Å². The minimum absolute atomic E-state index is 0.149. The van der Waals surface area contributed by atoms with Crippen molar-refractivity contribution in [2.75, 3.05) is 31.8 Å². The topological polar surface area (TPSA) is 66.0 Å². The summed E-state index contributed by atoms with van der Waals surface area (Å²) in [5, 5.41) is 8.40. The summed E-state index contributed by atoms with van der Waals surface area (Å²) < 4.78 is 0. The summed E-state index contributed by atoms with van der Waals surface area (Å²) in [6, 6.07) is 1.78. The summed E-state index contributed by atoms with van der Waals surface area (Å²) in [5.74, 6) is 0.575. The van der Waals surface area contributed by atoms with Crippen LogP contribution in [-0.2, 0) is 0 Å². The lowest BCUT2D eigenvalue weighted by Gasteiger charge is -2.08. The van der Waals surface area contributed by atoms with E-state index in [4.69, 9.17) is 0 Å². The van der Waals surface area contributed by atoms with Crippen LogP contribution in [0.5, 0.6) is 0 Å². The van der Waals surface area contributed by atoms with Crippen LogP contribution in [0, 0.1) is 0 Å². The van der Waals surface area contributed by atoms with Crippen molar-refractivity contribution in [2.24, 2.45) is 0 Å². The molecule has 0 atom stereocenters. The molecule has 0 aliphatic rings. The molecular weight excluding hydrogens is 180 g/mol. The zero-order chi connectivity index (χ0) is 10.6. The van der Waals surface area contributed by atoms with E-state index >= 15 is 0 Å². The van der Waals surface area contributed by atoms with E-state index in [0.29, 0.717) is 5.56 Å². The number of anilines is 2. The number of hydrogen-bond acceptors (Lipinski definition) is 4. The first-order chi connectivity index (χ1) is 6.72. The predicted octanol–water partition coefficient (Wildman–Crippen LogP) is 0.525. The van der Waals surface area contributed by atoms with Crippen molar-refractivity contribution in [1.29, 1.82) is 0 Å². The van der Waals surface area contributed by atoms with Gasteiger partial charge in [-0.3, -0.25) is 4.79 Å². The maximum Gasteiger partial charge on any atom is 0.254 e.